The van der Waals surface area contributed by atoms with Crippen LogP contribution in [0.4, 0.5) is 0 Å². The minimum Gasteiger partial charge on any atom is -0.393 e. The van der Waals surface area contributed by atoms with Gasteiger partial charge in [-0.3, -0.25) is 0 Å². The molecule has 48 valence electrons. The van der Waals surface area contributed by atoms with Gasteiger partial charge in [0.05, 0.1) is 10.00 Å². The van der Waals surface area contributed by atoms with Crippen molar-refractivity contribution in [1.29, 1.82) is 0 Å². The van der Waals surface area contributed by atoms with Crippen molar-refractivity contribution in [3.8, 4) is 0 Å². The predicted octanol–water partition coefficient (Wildman–Crippen LogP) is 0.972. The van der Waals surface area contributed by atoms with Crippen LogP contribution >= 0.6 is 23.6 Å². The zero-order valence-corrected chi connectivity index (χ0v) is 6.34. The molecular weight excluding hydrogens is 152 g/mol. The van der Waals surface area contributed by atoms with E-state index < -0.39 is 0 Å². The van der Waals surface area contributed by atoms with Crippen LogP contribution in [0.5, 0.6) is 0 Å². The summed E-state index contributed by atoms with van der Waals surface area (Å²) in [6.45, 7) is 0. The lowest BCUT2D eigenvalue weighted by molar-refractivity contribution is 1.23. The Hall–Kier alpha value is -0.480. The molecule has 0 fully saturated rings. The van der Waals surface area contributed by atoms with Crippen molar-refractivity contribution in [1.82, 2.24) is 4.98 Å². The van der Waals surface area contributed by atoms with Gasteiger partial charge < -0.3 is 5.73 Å². The van der Waals surface area contributed by atoms with Gasteiger partial charge in [-0.15, -0.1) is 11.3 Å². The van der Waals surface area contributed by atoms with Crippen LogP contribution in [0.2, 0.25) is 0 Å². The maximum atomic E-state index is 5.28. The third-order valence-electron chi connectivity index (χ3n) is 0.809. The zero-order chi connectivity index (χ0) is 6.69. The van der Waals surface area contributed by atoms with Gasteiger partial charge in [0.2, 0.25) is 0 Å². The SMILES string of the molecule is NC(=S)Cc1nccs1. The highest BCUT2D eigenvalue weighted by Gasteiger charge is 1.94. The van der Waals surface area contributed by atoms with Crippen molar-refractivity contribution in [3.63, 3.8) is 0 Å². The van der Waals surface area contributed by atoms with E-state index in [0.29, 0.717) is 11.4 Å². The molecule has 0 atom stereocenters. The molecule has 9 heavy (non-hydrogen) atoms. The first-order valence-electron chi connectivity index (χ1n) is 2.45. The van der Waals surface area contributed by atoms with Gasteiger partial charge in [0, 0.05) is 18.0 Å². The maximum Gasteiger partial charge on any atom is 0.0992 e. The molecule has 0 spiro atoms. The van der Waals surface area contributed by atoms with Crippen LogP contribution < -0.4 is 5.73 Å². The molecule has 1 aromatic rings. The molecule has 0 saturated carbocycles. The Balaban J connectivity index is 2.58. The second-order valence-corrected chi connectivity index (χ2v) is 3.07. The molecule has 0 bridgehead atoms. The predicted molar refractivity (Wildman–Crippen MR) is 42.6 cm³/mol. The molecule has 1 heterocycles. The topological polar surface area (TPSA) is 38.9 Å². The maximum absolute atomic E-state index is 5.28. The van der Waals surface area contributed by atoms with E-state index in [4.69, 9.17) is 5.73 Å². The molecule has 0 amide bonds. The van der Waals surface area contributed by atoms with Gasteiger partial charge in [0.1, 0.15) is 0 Å². The van der Waals surface area contributed by atoms with Crippen molar-refractivity contribution in [2.75, 3.05) is 0 Å². The lowest BCUT2D eigenvalue weighted by atomic mass is 10.5. The van der Waals surface area contributed by atoms with Crippen LogP contribution in [0.1, 0.15) is 5.01 Å². The molecule has 0 radical (unpaired) electrons. The summed E-state index contributed by atoms with van der Waals surface area (Å²) in [5, 5.41) is 2.90. The smallest absolute Gasteiger partial charge is 0.0992 e. The Labute approximate surface area is 62.7 Å². The van der Waals surface area contributed by atoms with Crippen molar-refractivity contribution in [2.45, 2.75) is 6.42 Å². The fourth-order valence-corrected chi connectivity index (χ4v) is 1.36. The molecule has 1 rings (SSSR count). The largest absolute Gasteiger partial charge is 0.393 e. The van der Waals surface area contributed by atoms with Crippen LogP contribution in [0.25, 0.3) is 0 Å². The molecule has 1 aromatic heterocycles. The monoisotopic (exact) mass is 158 g/mol. The Morgan fingerprint density at radius 1 is 1.89 bits per heavy atom. The highest BCUT2D eigenvalue weighted by molar-refractivity contribution is 7.80. The first-order chi connectivity index (χ1) is 4.29. The number of rotatable bonds is 2. The third-order valence-corrected chi connectivity index (χ3v) is 1.73. The van der Waals surface area contributed by atoms with E-state index in [0.717, 1.165) is 5.01 Å². The summed E-state index contributed by atoms with van der Waals surface area (Å²) in [6, 6.07) is 0. The molecule has 0 saturated heterocycles. The van der Waals surface area contributed by atoms with Crippen molar-refractivity contribution < 1.29 is 0 Å². The van der Waals surface area contributed by atoms with Gasteiger partial charge in [-0.25, -0.2) is 4.98 Å². The van der Waals surface area contributed by atoms with Gasteiger partial charge in [0.25, 0.3) is 0 Å². The summed E-state index contributed by atoms with van der Waals surface area (Å²) in [5.41, 5.74) is 5.28. The van der Waals surface area contributed by atoms with E-state index in [-0.39, 0.29) is 0 Å². The Morgan fingerprint density at radius 3 is 3.11 bits per heavy atom. The first-order valence-corrected chi connectivity index (χ1v) is 3.74. The van der Waals surface area contributed by atoms with Gasteiger partial charge in [-0.2, -0.15) is 0 Å². The summed E-state index contributed by atoms with van der Waals surface area (Å²) in [4.78, 5) is 4.51. The second-order valence-electron chi connectivity index (χ2n) is 1.57. The number of aromatic nitrogens is 1. The third kappa shape index (κ3) is 2.07. The van der Waals surface area contributed by atoms with Gasteiger partial charge in [-0.05, 0) is 0 Å². The zero-order valence-electron chi connectivity index (χ0n) is 4.70. The quantitative estimate of drug-likeness (QED) is 0.652. The summed E-state index contributed by atoms with van der Waals surface area (Å²) >= 11 is 6.26. The summed E-state index contributed by atoms with van der Waals surface area (Å²) < 4.78 is 0. The molecule has 4 heteroatoms. The number of nitrogens with two attached hydrogens (primary N) is 1. The molecule has 0 aliphatic rings. The van der Waals surface area contributed by atoms with E-state index in [2.05, 4.69) is 17.2 Å². The second kappa shape index (κ2) is 2.89. The summed E-state index contributed by atoms with van der Waals surface area (Å²) in [7, 11) is 0. The number of nitrogens with zero attached hydrogens (tertiary/aromatic N) is 1. The van der Waals surface area contributed by atoms with E-state index in [1.807, 2.05) is 5.38 Å². The molecule has 2 N–H and O–H groups in total. The minimum atomic E-state index is 0.505. The standard InChI is InChI=1S/C5H6N2S2/c6-4(8)3-5-7-1-2-9-5/h1-2H,3H2,(H2,6,8). The normalized spacial score (nSPS) is 9.33. The van der Waals surface area contributed by atoms with Crippen LogP contribution in [-0.4, -0.2) is 9.97 Å². The fourth-order valence-electron chi connectivity index (χ4n) is 0.489. The van der Waals surface area contributed by atoms with Gasteiger partial charge >= 0.3 is 0 Å². The average molecular weight is 158 g/mol. The van der Waals surface area contributed by atoms with Crippen molar-refractivity contribution in [2.24, 2.45) is 5.73 Å². The fraction of sp³-hybridized carbons (Fsp3) is 0.200. The number of thiazole rings is 1. The number of hydrogen-bond donors (Lipinski definition) is 1. The van der Waals surface area contributed by atoms with Gasteiger partial charge in [0.15, 0.2) is 0 Å². The average Bonchev–Trinajstić information content (AvgIpc) is 2.15. The molecule has 0 aliphatic carbocycles. The molecular formula is C5H6N2S2. The molecule has 0 aliphatic heterocycles. The summed E-state index contributed by atoms with van der Waals surface area (Å²) in [5.74, 6) is 0. The van der Waals surface area contributed by atoms with Gasteiger partial charge in [-0.1, -0.05) is 12.2 Å². The number of thiocarbonyl (C=S) groups is 1. The van der Waals surface area contributed by atoms with Crippen LogP contribution in [-0.2, 0) is 6.42 Å². The molecule has 2 nitrogen and oxygen atoms in total. The van der Waals surface area contributed by atoms with E-state index >= 15 is 0 Å². The van der Waals surface area contributed by atoms with E-state index in [1.54, 1.807) is 17.5 Å². The van der Waals surface area contributed by atoms with Crippen LogP contribution in [0, 0.1) is 0 Å². The van der Waals surface area contributed by atoms with Crippen molar-refractivity contribution >= 4 is 28.5 Å². The van der Waals surface area contributed by atoms with Crippen LogP contribution in [0.3, 0.4) is 0 Å². The first kappa shape index (κ1) is 6.64. The number of hydrogen-bond acceptors (Lipinski definition) is 3. The molecule has 0 unspecified atom stereocenters. The Morgan fingerprint density at radius 2 is 2.67 bits per heavy atom. The summed E-state index contributed by atoms with van der Waals surface area (Å²) in [6.07, 6.45) is 2.38. The Bertz CT molecular complexity index is 193. The minimum absolute atomic E-state index is 0.505. The Kier molecular flexibility index (Phi) is 2.13. The molecule has 0 aromatic carbocycles. The van der Waals surface area contributed by atoms with Crippen LogP contribution in [0.15, 0.2) is 11.6 Å². The van der Waals surface area contributed by atoms with E-state index in [1.165, 1.54) is 0 Å². The lowest BCUT2D eigenvalue weighted by Gasteiger charge is -1.88. The lowest BCUT2D eigenvalue weighted by Crippen LogP contribution is -2.10. The van der Waals surface area contributed by atoms with Crippen molar-refractivity contribution in [3.05, 3.63) is 16.6 Å². The highest BCUT2D eigenvalue weighted by atomic mass is 32.1. The highest BCUT2D eigenvalue weighted by Crippen LogP contribution is 2.03. The van der Waals surface area contributed by atoms with E-state index in [9.17, 15) is 0 Å².